The summed E-state index contributed by atoms with van der Waals surface area (Å²) in [6.07, 6.45) is 2.35. The predicted octanol–water partition coefficient (Wildman–Crippen LogP) is 3.12. The van der Waals surface area contributed by atoms with Crippen LogP contribution < -0.4 is 10.6 Å². The van der Waals surface area contributed by atoms with Gasteiger partial charge in [-0.3, -0.25) is 4.99 Å². The number of nitrogens with zero attached hydrogens (tertiary/aromatic N) is 1. The molecular weight excluding hydrogens is 310 g/mol. The summed E-state index contributed by atoms with van der Waals surface area (Å²) in [6.45, 7) is 0.962. The van der Waals surface area contributed by atoms with Gasteiger partial charge in [0.2, 0.25) is 0 Å². The highest BCUT2D eigenvalue weighted by atomic mass is 79.9. The van der Waals surface area contributed by atoms with Gasteiger partial charge < -0.3 is 10.6 Å². The van der Waals surface area contributed by atoms with Gasteiger partial charge in [-0.1, -0.05) is 12.1 Å². The second-order valence-electron chi connectivity index (χ2n) is 3.73. The molecule has 0 radical (unpaired) electrons. The molecule has 1 aromatic carbocycles. The van der Waals surface area contributed by atoms with Crippen molar-refractivity contribution in [2.45, 2.75) is 17.7 Å². The van der Waals surface area contributed by atoms with E-state index in [-0.39, 0.29) is 0 Å². The fourth-order valence-corrected chi connectivity index (χ4v) is 3.03. The number of nitrogens with one attached hydrogen (secondary N) is 2. The van der Waals surface area contributed by atoms with E-state index in [1.165, 1.54) is 15.8 Å². The summed E-state index contributed by atoms with van der Waals surface area (Å²) in [5.41, 5.74) is 0. The van der Waals surface area contributed by atoms with Gasteiger partial charge in [0.15, 0.2) is 5.96 Å². The van der Waals surface area contributed by atoms with E-state index in [0.29, 0.717) is 0 Å². The van der Waals surface area contributed by atoms with Crippen LogP contribution in [0.25, 0.3) is 0 Å². The zero-order chi connectivity index (χ0) is 13.2. The van der Waals surface area contributed by atoms with Crippen LogP contribution in [0.4, 0.5) is 0 Å². The number of rotatable bonds is 6. The fourth-order valence-electron chi connectivity index (χ4n) is 1.46. The minimum Gasteiger partial charge on any atom is -0.359 e. The number of halogens is 1. The van der Waals surface area contributed by atoms with Gasteiger partial charge in [0.25, 0.3) is 0 Å². The van der Waals surface area contributed by atoms with Crippen LogP contribution in [0.3, 0.4) is 0 Å². The van der Waals surface area contributed by atoms with Crippen LogP contribution in [0.15, 0.2) is 38.6 Å². The van der Waals surface area contributed by atoms with Crippen LogP contribution in [0.1, 0.15) is 12.8 Å². The lowest BCUT2D eigenvalue weighted by Gasteiger charge is -2.08. The Labute approximate surface area is 122 Å². The standard InChI is InChI=1S/C13H20BrN3S/c1-15-13(16-2)17-9-5-6-10-18-12-8-4-3-7-11(12)14/h3-4,7-8H,5-6,9-10H2,1-2H3,(H2,15,16,17). The summed E-state index contributed by atoms with van der Waals surface area (Å²) >= 11 is 5.46. The van der Waals surface area contributed by atoms with Crippen molar-refractivity contribution >= 4 is 33.7 Å². The number of unbranched alkanes of at least 4 members (excludes halogenated alkanes) is 1. The van der Waals surface area contributed by atoms with Gasteiger partial charge in [-0.25, -0.2) is 0 Å². The first-order valence-electron chi connectivity index (χ1n) is 6.03. The molecule has 1 rings (SSSR count). The molecule has 1 aromatic rings. The van der Waals surface area contributed by atoms with Crippen molar-refractivity contribution in [1.82, 2.24) is 10.6 Å². The molecule has 0 unspecified atom stereocenters. The molecule has 0 fully saturated rings. The smallest absolute Gasteiger partial charge is 0.190 e. The molecule has 0 aromatic heterocycles. The van der Waals surface area contributed by atoms with Crippen molar-refractivity contribution in [3.63, 3.8) is 0 Å². The molecule has 0 heterocycles. The monoisotopic (exact) mass is 329 g/mol. The lowest BCUT2D eigenvalue weighted by molar-refractivity contribution is 0.746. The summed E-state index contributed by atoms with van der Waals surface area (Å²) in [4.78, 5) is 5.38. The molecule has 0 saturated heterocycles. The van der Waals surface area contributed by atoms with Crippen LogP contribution in [0.2, 0.25) is 0 Å². The minimum absolute atomic E-state index is 0.855. The molecule has 0 aliphatic heterocycles. The molecular formula is C13H20BrN3S. The van der Waals surface area contributed by atoms with Crippen molar-refractivity contribution in [3.8, 4) is 0 Å². The van der Waals surface area contributed by atoms with Gasteiger partial charge in [0, 0.05) is 30.0 Å². The zero-order valence-electron chi connectivity index (χ0n) is 10.9. The third-order valence-corrected chi connectivity index (χ3v) is 4.53. The number of guanidine groups is 1. The number of hydrogen-bond acceptors (Lipinski definition) is 2. The van der Waals surface area contributed by atoms with Gasteiger partial charge in [-0.15, -0.1) is 11.8 Å². The third-order valence-electron chi connectivity index (χ3n) is 2.42. The highest BCUT2D eigenvalue weighted by molar-refractivity contribution is 9.10. The van der Waals surface area contributed by atoms with E-state index in [9.17, 15) is 0 Å². The normalized spacial score (nSPS) is 11.4. The Morgan fingerprint density at radius 2 is 2.11 bits per heavy atom. The predicted molar refractivity (Wildman–Crippen MR) is 84.5 cm³/mol. The van der Waals surface area contributed by atoms with E-state index >= 15 is 0 Å². The second-order valence-corrected chi connectivity index (χ2v) is 5.73. The number of aliphatic imine (C=N–C) groups is 1. The zero-order valence-corrected chi connectivity index (χ0v) is 13.3. The Morgan fingerprint density at radius 3 is 2.78 bits per heavy atom. The number of hydrogen-bond donors (Lipinski definition) is 2. The first-order valence-corrected chi connectivity index (χ1v) is 7.81. The first-order chi connectivity index (χ1) is 8.77. The molecule has 0 saturated carbocycles. The van der Waals surface area contributed by atoms with Crippen LogP contribution in [-0.4, -0.2) is 32.4 Å². The molecule has 2 N–H and O–H groups in total. The molecule has 0 amide bonds. The summed E-state index contributed by atoms with van der Waals surface area (Å²) < 4.78 is 1.18. The molecule has 3 nitrogen and oxygen atoms in total. The summed E-state index contributed by atoms with van der Waals surface area (Å²) in [6, 6.07) is 8.35. The molecule has 100 valence electrons. The quantitative estimate of drug-likeness (QED) is 0.364. The summed E-state index contributed by atoms with van der Waals surface area (Å²) in [5.74, 6) is 2.00. The van der Waals surface area contributed by atoms with Crippen molar-refractivity contribution in [1.29, 1.82) is 0 Å². The Hall–Kier alpha value is -0.680. The van der Waals surface area contributed by atoms with Gasteiger partial charge in [0.05, 0.1) is 0 Å². The van der Waals surface area contributed by atoms with Crippen LogP contribution in [0.5, 0.6) is 0 Å². The highest BCUT2D eigenvalue weighted by Crippen LogP contribution is 2.27. The maximum atomic E-state index is 4.07. The molecule has 0 aliphatic carbocycles. The van der Waals surface area contributed by atoms with Crippen molar-refractivity contribution in [2.75, 3.05) is 26.4 Å². The van der Waals surface area contributed by atoms with E-state index in [1.54, 1.807) is 7.05 Å². The van der Waals surface area contributed by atoms with Crippen LogP contribution >= 0.6 is 27.7 Å². The van der Waals surface area contributed by atoms with Gasteiger partial charge in [0.1, 0.15) is 0 Å². The Bertz CT molecular complexity index is 382. The average molecular weight is 330 g/mol. The lowest BCUT2D eigenvalue weighted by Crippen LogP contribution is -2.35. The maximum Gasteiger partial charge on any atom is 0.190 e. The van der Waals surface area contributed by atoms with E-state index in [1.807, 2.05) is 24.9 Å². The van der Waals surface area contributed by atoms with E-state index in [2.05, 4.69) is 49.8 Å². The average Bonchev–Trinajstić information content (AvgIpc) is 2.40. The van der Waals surface area contributed by atoms with Gasteiger partial charge in [-0.05, 0) is 46.7 Å². The summed E-state index contributed by atoms with van der Waals surface area (Å²) in [7, 11) is 3.65. The SMILES string of the molecule is CN=C(NC)NCCCCSc1ccccc1Br. The molecule has 0 aliphatic rings. The number of benzene rings is 1. The largest absolute Gasteiger partial charge is 0.359 e. The van der Waals surface area contributed by atoms with Crippen LogP contribution in [-0.2, 0) is 0 Å². The van der Waals surface area contributed by atoms with Crippen molar-refractivity contribution < 1.29 is 0 Å². The van der Waals surface area contributed by atoms with Crippen LogP contribution in [0, 0.1) is 0 Å². The first kappa shape index (κ1) is 15.4. The highest BCUT2D eigenvalue weighted by Gasteiger charge is 1.99. The maximum absolute atomic E-state index is 4.07. The summed E-state index contributed by atoms with van der Waals surface area (Å²) in [5, 5.41) is 6.25. The Balaban J connectivity index is 2.11. The lowest BCUT2D eigenvalue weighted by atomic mass is 10.3. The molecule has 18 heavy (non-hydrogen) atoms. The van der Waals surface area contributed by atoms with Gasteiger partial charge >= 0.3 is 0 Å². The Morgan fingerprint density at radius 1 is 1.33 bits per heavy atom. The van der Waals surface area contributed by atoms with Gasteiger partial charge in [-0.2, -0.15) is 0 Å². The van der Waals surface area contributed by atoms with E-state index < -0.39 is 0 Å². The second kappa shape index (κ2) is 9.28. The fraction of sp³-hybridized carbons (Fsp3) is 0.462. The third kappa shape index (κ3) is 5.78. The number of thioether (sulfide) groups is 1. The molecule has 0 bridgehead atoms. The molecule has 0 atom stereocenters. The molecule has 0 spiro atoms. The Kier molecular flexibility index (Phi) is 7.93. The van der Waals surface area contributed by atoms with E-state index in [4.69, 9.17) is 0 Å². The van der Waals surface area contributed by atoms with Crippen molar-refractivity contribution in [2.24, 2.45) is 4.99 Å². The molecule has 5 heteroatoms. The topological polar surface area (TPSA) is 36.4 Å². The van der Waals surface area contributed by atoms with E-state index in [0.717, 1.165) is 24.7 Å². The minimum atomic E-state index is 0.855. The van der Waals surface area contributed by atoms with Crippen molar-refractivity contribution in [3.05, 3.63) is 28.7 Å².